The molecule has 0 aliphatic rings. The van der Waals surface area contributed by atoms with Crippen LogP contribution in [0.2, 0.25) is 0 Å². The zero-order chi connectivity index (χ0) is 18.0. The van der Waals surface area contributed by atoms with Crippen molar-refractivity contribution in [2.45, 2.75) is 6.54 Å². The fraction of sp³-hybridized carbons (Fsp3) is 0.267. The molecule has 0 radical (unpaired) electrons. The third-order valence-corrected chi connectivity index (χ3v) is 3.47. The van der Waals surface area contributed by atoms with E-state index < -0.39 is 0 Å². The number of amides is 3. The molecule has 130 valence electrons. The highest BCUT2D eigenvalue weighted by Gasteiger charge is 2.10. The van der Waals surface area contributed by atoms with Crippen LogP contribution in [0.15, 0.2) is 30.7 Å². The number of nitrogens with one attached hydrogen (secondary N) is 2. The maximum absolute atomic E-state index is 12.1. The van der Waals surface area contributed by atoms with E-state index in [2.05, 4.69) is 25.8 Å². The van der Waals surface area contributed by atoms with E-state index in [1.165, 1.54) is 15.9 Å². The second kappa shape index (κ2) is 6.59. The molecular weight excluding hydrogens is 324 g/mol. The van der Waals surface area contributed by atoms with Gasteiger partial charge < -0.3 is 14.8 Å². The van der Waals surface area contributed by atoms with Crippen LogP contribution in [0.1, 0.15) is 0 Å². The Kier molecular flexibility index (Phi) is 4.33. The SMILES string of the molecule is CN(C)C(=O)Nc1cnn(CC(=O)Nc2ccc3c(c2)ncn3C)n1. The van der Waals surface area contributed by atoms with Gasteiger partial charge in [-0.15, -0.1) is 5.10 Å². The third kappa shape index (κ3) is 3.74. The maximum atomic E-state index is 12.1. The number of aryl methyl sites for hydroxylation is 1. The number of hydrogen-bond donors (Lipinski definition) is 2. The second-order valence-electron chi connectivity index (χ2n) is 5.69. The summed E-state index contributed by atoms with van der Waals surface area (Å²) in [5.41, 5.74) is 2.42. The topological polar surface area (TPSA) is 110 Å². The van der Waals surface area contributed by atoms with Crippen molar-refractivity contribution in [1.82, 2.24) is 29.4 Å². The van der Waals surface area contributed by atoms with E-state index >= 15 is 0 Å². The van der Waals surface area contributed by atoms with Crippen LogP contribution in [0, 0.1) is 0 Å². The molecular formula is C15H18N8O2. The lowest BCUT2D eigenvalue weighted by Crippen LogP contribution is -2.27. The molecule has 3 rings (SSSR count). The quantitative estimate of drug-likeness (QED) is 0.732. The van der Waals surface area contributed by atoms with Gasteiger partial charge in [-0.2, -0.15) is 9.90 Å². The van der Waals surface area contributed by atoms with Gasteiger partial charge in [-0.05, 0) is 18.2 Å². The van der Waals surface area contributed by atoms with Crippen LogP contribution in [-0.2, 0) is 18.4 Å². The summed E-state index contributed by atoms with van der Waals surface area (Å²) < 4.78 is 1.90. The summed E-state index contributed by atoms with van der Waals surface area (Å²) in [6, 6.07) is 5.17. The van der Waals surface area contributed by atoms with Crippen LogP contribution < -0.4 is 10.6 Å². The van der Waals surface area contributed by atoms with Gasteiger partial charge in [0.25, 0.3) is 0 Å². The Morgan fingerprint density at radius 1 is 1.24 bits per heavy atom. The molecule has 1 aromatic carbocycles. The molecule has 0 aliphatic carbocycles. The van der Waals surface area contributed by atoms with Crippen molar-refractivity contribution in [3.8, 4) is 0 Å². The fourth-order valence-corrected chi connectivity index (χ4v) is 2.19. The van der Waals surface area contributed by atoms with Crippen molar-refractivity contribution < 1.29 is 9.59 Å². The molecule has 0 atom stereocenters. The molecule has 10 nitrogen and oxygen atoms in total. The first kappa shape index (κ1) is 16.4. The highest BCUT2D eigenvalue weighted by Crippen LogP contribution is 2.17. The molecule has 25 heavy (non-hydrogen) atoms. The molecule has 0 saturated heterocycles. The lowest BCUT2D eigenvalue weighted by atomic mass is 10.2. The monoisotopic (exact) mass is 342 g/mol. The third-order valence-electron chi connectivity index (χ3n) is 3.47. The summed E-state index contributed by atoms with van der Waals surface area (Å²) in [6.45, 7) is -0.0713. The molecule has 2 aromatic heterocycles. The molecule has 10 heteroatoms. The summed E-state index contributed by atoms with van der Waals surface area (Å²) in [7, 11) is 5.14. The minimum atomic E-state index is -0.319. The smallest absolute Gasteiger partial charge is 0.322 e. The van der Waals surface area contributed by atoms with Crippen molar-refractivity contribution in [2.24, 2.45) is 7.05 Å². The van der Waals surface area contributed by atoms with Crippen LogP contribution >= 0.6 is 0 Å². The van der Waals surface area contributed by atoms with Gasteiger partial charge in [0, 0.05) is 26.8 Å². The van der Waals surface area contributed by atoms with Crippen molar-refractivity contribution in [3.05, 3.63) is 30.7 Å². The largest absolute Gasteiger partial charge is 0.334 e. The first-order valence-electron chi connectivity index (χ1n) is 7.52. The van der Waals surface area contributed by atoms with Crippen LogP contribution in [0.25, 0.3) is 11.0 Å². The van der Waals surface area contributed by atoms with Crippen molar-refractivity contribution in [1.29, 1.82) is 0 Å². The van der Waals surface area contributed by atoms with Crippen molar-refractivity contribution >= 4 is 34.5 Å². The fourth-order valence-electron chi connectivity index (χ4n) is 2.19. The zero-order valence-electron chi connectivity index (χ0n) is 14.1. The van der Waals surface area contributed by atoms with Gasteiger partial charge >= 0.3 is 6.03 Å². The Bertz CT molecular complexity index is 927. The second-order valence-corrected chi connectivity index (χ2v) is 5.69. The molecule has 0 aliphatic heterocycles. The van der Waals surface area contributed by atoms with E-state index in [1.807, 2.05) is 17.7 Å². The number of urea groups is 1. The lowest BCUT2D eigenvalue weighted by Gasteiger charge is -2.09. The minimum absolute atomic E-state index is 0.0713. The number of imidazole rings is 1. The van der Waals surface area contributed by atoms with Gasteiger partial charge in [0.1, 0.15) is 6.54 Å². The minimum Gasteiger partial charge on any atom is -0.334 e. The molecule has 0 spiro atoms. The van der Waals surface area contributed by atoms with E-state index in [-0.39, 0.29) is 24.3 Å². The number of carbonyl (C=O) groups is 2. The predicted molar refractivity (Wildman–Crippen MR) is 92.1 cm³/mol. The van der Waals surface area contributed by atoms with E-state index in [4.69, 9.17) is 0 Å². The van der Waals surface area contributed by atoms with Crippen molar-refractivity contribution in [2.75, 3.05) is 24.7 Å². The van der Waals surface area contributed by atoms with Crippen LogP contribution in [0.5, 0.6) is 0 Å². The lowest BCUT2D eigenvalue weighted by molar-refractivity contribution is -0.117. The van der Waals surface area contributed by atoms with Crippen LogP contribution in [-0.4, -0.2) is 55.5 Å². The van der Waals surface area contributed by atoms with Crippen LogP contribution in [0.4, 0.5) is 16.3 Å². The normalized spacial score (nSPS) is 10.7. The number of nitrogens with zero attached hydrogens (tertiary/aromatic N) is 6. The molecule has 0 unspecified atom stereocenters. The Balaban J connectivity index is 1.62. The summed E-state index contributed by atoms with van der Waals surface area (Å²) in [4.78, 5) is 30.5. The summed E-state index contributed by atoms with van der Waals surface area (Å²) in [6.07, 6.45) is 3.10. The Hall–Kier alpha value is -3.43. The number of benzene rings is 1. The van der Waals surface area contributed by atoms with Crippen LogP contribution in [0.3, 0.4) is 0 Å². The standard InChI is InChI=1S/C15H18N8O2/c1-21(2)15(25)19-13-7-17-23(20-13)8-14(24)18-10-4-5-12-11(6-10)16-9-22(12)3/h4-7,9H,8H2,1-3H3,(H,18,24)(H,19,20,25). The molecule has 0 bridgehead atoms. The molecule has 2 heterocycles. The Labute approximate surface area is 143 Å². The summed E-state index contributed by atoms with van der Waals surface area (Å²) >= 11 is 0. The highest BCUT2D eigenvalue weighted by molar-refractivity contribution is 5.93. The van der Waals surface area contributed by atoms with E-state index in [0.29, 0.717) is 5.69 Å². The summed E-state index contributed by atoms with van der Waals surface area (Å²) in [5.74, 6) is -0.00206. The first-order chi connectivity index (χ1) is 11.9. The Morgan fingerprint density at radius 3 is 2.80 bits per heavy atom. The molecule has 3 amide bonds. The van der Waals surface area contributed by atoms with E-state index in [0.717, 1.165) is 11.0 Å². The highest BCUT2D eigenvalue weighted by atomic mass is 16.2. The average molecular weight is 342 g/mol. The Morgan fingerprint density at radius 2 is 2.04 bits per heavy atom. The first-order valence-corrected chi connectivity index (χ1v) is 7.52. The number of carbonyl (C=O) groups excluding carboxylic acids is 2. The number of hydrogen-bond acceptors (Lipinski definition) is 5. The molecule has 3 aromatic rings. The molecule has 0 saturated carbocycles. The predicted octanol–water partition coefficient (Wildman–Crippen LogP) is 0.897. The van der Waals surface area contributed by atoms with E-state index in [9.17, 15) is 9.59 Å². The number of anilines is 2. The van der Waals surface area contributed by atoms with Gasteiger partial charge in [0.2, 0.25) is 5.91 Å². The molecule has 0 fully saturated rings. The van der Waals surface area contributed by atoms with Crippen molar-refractivity contribution in [3.63, 3.8) is 0 Å². The maximum Gasteiger partial charge on any atom is 0.322 e. The van der Waals surface area contributed by atoms with Gasteiger partial charge in [-0.1, -0.05) is 0 Å². The van der Waals surface area contributed by atoms with Gasteiger partial charge in [0.15, 0.2) is 5.82 Å². The zero-order valence-corrected chi connectivity index (χ0v) is 14.1. The summed E-state index contributed by atoms with van der Waals surface area (Å²) in [5, 5.41) is 13.3. The number of rotatable bonds is 4. The van der Waals surface area contributed by atoms with Gasteiger partial charge in [0.05, 0.1) is 23.6 Å². The van der Waals surface area contributed by atoms with E-state index in [1.54, 1.807) is 32.6 Å². The number of fused-ring (bicyclic) bond motifs is 1. The number of aromatic nitrogens is 5. The van der Waals surface area contributed by atoms with Gasteiger partial charge in [-0.3, -0.25) is 10.1 Å². The molecule has 2 N–H and O–H groups in total. The average Bonchev–Trinajstić information content (AvgIpc) is 3.14. The van der Waals surface area contributed by atoms with Gasteiger partial charge in [-0.25, -0.2) is 9.78 Å².